The van der Waals surface area contributed by atoms with Crippen LogP contribution in [0.25, 0.3) is 0 Å². The first-order valence-corrected chi connectivity index (χ1v) is 4.02. The summed E-state index contributed by atoms with van der Waals surface area (Å²) in [5.74, 6) is -6.92. The Morgan fingerprint density at radius 1 is 1.31 bits per heavy atom. The van der Waals surface area contributed by atoms with Gasteiger partial charge < -0.3 is 0 Å². The Hall–Kier alpha value is -0.0300. The fourth-order valence-electron chi connectivity index (χ4n) is 0.534. The quantitative estimate of drug-likeness (QED) is 0.518. The Balaban J connectivity index is 4.58. The highest BCUT2D eigenvalue weighted by Gasteiger charge is 2.43. The van der Waals surface area contributed by atoms with Crippen LogP contribution in [0, 0.1) is 0 Å². The van der Waals surface area contributed by atoms with Gasteiger partial charge in [-0.3, -0.25) is 0 Å². The van der Waals surface area contributed by atoms with E-state index in [9.17, 15) is 22.0 Å². The normalized spacial score (nSPS) is 16.8. The number of alkyl halides is 4. The van der Waals surface area contributed by atoms with Gasteiger partial charge in [-0.15, -0.1) is 11.6 Å². The second-order valence-electron chi connectivity index (χ2n) is 2.17. The largest absolute Gasteiger partial charge is 0.286 e. The topological polar surface area (TPSA) is 0 Å². The number of halogens is 7. The van der Waals surface area contributed by atoms with Gasteiger partial charge >= 0.3 is 0 Å². The van der Waals surface area contributed by atoms with E-state index in [2.05, 4.69) is 11.6 Å². The summed E-state index contributed by atoms with van der Waals surface area (Å²) in [6, 6.07) is 0. The molecule has 0 spiro atoms. The second kappa shape index (κ2) is 5.00. The maximum absolute atomic E-state index is 12.5. The highest BCUT2D eigenvalue weighted by molar-refractivity contribution is 6.28. The van der Waals surface area contributed by atoms with E-state index in [-0.39, 0.29) is 0 Å². The lowest BCUT2D eigenvalue weighted by Gasteiger charge is -2.17. The molecule has 0 aliphatic heterocycles. The number of hydrogen-bond acceptors (Lipinski definition) is 0. The Kier molecular flexibility index (Phi) is 4.99. The third-order valence-electron chi connectivity index (χ3n) is 1.20. The summed E-state index contributed by atoms with van der Waals surface area (Å²) in [6.07, 6.45) is -4.48. The van der Waals surface area contributed by atoms with E-state index >= 15 is 0 Å². The van der Waals surface area contributed by atoms with Crippen LogP contribution in [0.4, 0.5) is 22.0 Å². The molecular formula is C6H5Cl2F5. The molecule has 1 unspecified atom stereocenters. The van der Waals surface area contributed by atoms with Gasteiger partial charge in [0, 0.05) is 12.3 Å². The molecule has 0 N–H and O–H groups in total. The lowest BCUT2D eigenvalue weighted by molar-refractivity contribution is -0.0669. The van der Waals surface area contributed by atoms with Crippen molar-refractivity contribution < 1.29 is 22.0 Å². The zero-order valence-corrected chi connectivity index (χ0v) is 7.65. The van der Waals surface area contributed by atoms with Gasteiger partial charge in [0.2, 0.25) is 11.5 Å². The molecule has 0 amide bonds. The summed E-state index contributed by atoms with van der Waals surface area (Å²) in [6.45, 7) is 0. The minimum atomic E-state index is -4.04. The van der Waals surface area contributed by atoms with E-state index in [1.165, 1.54) is 0 Å². The molecular weight excluding hydrogens is 238 g/mol. The van der Waals surface area contributed by atoms with Crippen LogP contribution < -0.4 is 0 Å². The number of rotatable bonds is 4. The molecule has 0 saturated heterocycles. The van der Waals surface area contributed by atoms with Gasteiger partial charge in [-0.25, -0.2) is 17.6 Å². The summed E-state index contributed by atoms with van der Waals surface area (Å²) >= 11 is 9.26. The molecule has 0 aromatic carbocycles. The Labute approximate surface area is 81.3 Å². The van der Waals surface area contributed by atoms with E-state index in [1.54, 1.807) is 0 Å². The second-order valence-corrected chi connectivity index (χ2v) is 2.88. The van der Waals surface area contributed by atoms with Crippen molar-refractivity contribution in [1.29, 1.82) is 0 Å². The molecule has 0 nitrogen and oxygen atoms in total. The summed E-state index contributed by atoms with van der Waals surface area (Å²) in [5.41, 5.74) is 0. The Bertz CT molecular complexity index is 199. The van der Waals surface area contributed by atoms with Crippen molar-refractivity contribution in [3.05, 3.63) is 11.1 Å². The molecule has 0 heterocycles. The van der Waals surface area contributed by atoms with Gasteiger partial charge in [-0.2, -0.15) is 4.39 Å². The van der Waals surface area contributed by atoms with Crippen LogP contribution in [0.2, 0.25) is 0 Å². The van der Waals surface area contributed by atoms with Crippen LogP contribution in [0.15, 0.2) is 11.1 Å². The first kappa shape index (κ1) is 13.0. The number of hydrogen-bond donors (Lipinski definition) is 0. The molecule has 0 aromatic heterocycles. The van der Waals surface area contributed by atoms with Crippen LogP contribution in [-0.4, -0.2) is 18.0 Å². The average Bonchev–Trinajstić information content (AvgIpc) is 2.01. The zero-order chi connectivity index (χ0) is 10.6. The van der Waals surface area contributed by atoms with E-state index in [0.29, 0.717) is 0 Å². The smallest absolute Gasteiger partial charge is 0.233 e. The molecule has 0 radical (unpaired) electrons. The highest BCUT2D eigenvalue weighted by atomic mass is 35.5. The fourth-order valence-corrected chi connectivity index (χ4v) is 0.882. The predicted molar refractivity (Wildman–Crippen MR) is 40.3 cm³/mol. The van der Waals surface area contributed by atoms with Crippen molar-refractivity contribution in [2.24, 2.45) is 0 Å². The lowest BCUT2D eigenvalue weighted by Crippen LogP contribution is -2.31. The van der Waals surface area contributed by atoms with Gasteiger partial charge in [-0.1, -0.05) is 0 Å². The van der Waals surface area contributed by atoms with Crippen molar-refractivity contribution in [2.45, 2.75) is 18.5 Å². The van der Waals surface area contributed by atoms with Gasteiger partial charge in [0.1, 0.15) is 0 Å². The molecule has 0 rings (SSSR count). The van der Waals surface area contributed by atoms with E-state index in [4.69, 9.17) is 11.6 Å². The summed E-state index contributed by atoms with van der Waals surface area (Å²) in [4.78, 5) is 0. The minimum Gasteiger partial charge on any atom is -0.233 e. The molecule has 0 aliphatic carbocycles. The van der Waals surface area contributed by atoms with Crippen molar-refractivity contribution >= 4 is 23.2 Å². The maximum Gasteiger partial charge on any atom is 0.286 e. The molecule has 1 atom stereocenters. The predicted octanol–water partition coefficient (Wildman–Crippen LogP) is 3.94. The van der Waals surface area contributed by atoms with Crippen LogP contribution in [0.5, 0.6) is 0 Å². The number of allylic oxidation sites excluding steroid dienone is 1. The molecule has 7 heteroatoms. The Morgan fingerprint density at radius 3 is 2.08 bits per heavy atom. The van der Waals surface area contributed by atoms with Crippen LogP contribution in [-0.2, 0) is 0 Å². The SMILES string of the molecule is FC(Cl)=C(F)C(F)C(F)(F)CCCl. The van der Waals surface area contributed by atoms with E-state index < -0.39 is 35.5 Å². The van der Waals surface area contributed by atoms with Crippen molar-refractivity contribution in [1.82, 2.24) is 0 Å². The van der Waals surface area contributed by atoms with E-state index in [1.807, 2.05) is 0 Å². The standard InChI is InChI=1S/C6H5Cl2F5/c7-2-1-6(12,13)4(10)3(9)5(8)11/h4H,1-2H2. The summed E-state index contributed by atoms with van der Waals surface area (Å²) < 4.78 is 61.4. The minimum absolute atomic E-state index is 0.565. The highest BCUT2D eigenvalue weighted by Crippen LogP contribution is 2.33. The van der Waals surface area contributed by atoms with Crippen LogP contribution >= 0.6 is 23.2 Å². The Morgan fingerprint density at radius 2 is 1.77 bits per heavy atom. The van der Waals surface area contributed by atoms with Crippen molar-refractivity contribution in [2.75, 3.05) is 5.88 Å². The average molecular weight is 243 g/mol. The van der Waals surface area contributed by atoms with Crippen molar-refractivity contribution in [3.8, 4) is 0 Å². The third-order valence-corrected chi connectivity index (χ3v) is 1.57. The summed E-state index contributed by atoms with van der Waals surface area (Å²) in [7, 11) is 0. The zero-order valence-electron chi connectivity index (χ0n) is 6.14. The van der Waals surface area contributed by atoms with Gasteiger partial charge in [-0.05, 0) is 11.6 Å². The van der Waals surface area contributed by atoms with Gasteiger partial charge in [0.05, 0.1) is 0 Å². The molecule has 0 fully saturated rings. The summed E-state index contributed by atoms with van der Waals surface area (Å²) in [5, 5.41) is -2.11. The fraction of sp³-hybridized carbons (Fsp3) is 0.667. The molecule has 13 heavy (non-hydrogen) atoms. The maximum atomic E-state index is 12.5. The van der Waals surface area contributed by atoms with Gasteiger partial charge in [0.25, 0.3) is 5.92 Å². The van der Waals surface area contributed by atoms with Gasteiger partial charge in [0.15, 0.2) is 5.83 Å². The molecule has 0 aliphatic rings. The monoisotopic (exact) mass is 242 g/mol. The van der Waals surface area contributed by atoms with Crippen molar-refractivity contribution in [3.63, 3.8) is 0 Å². The first-order valence-electron chi connectivity index (χ1n) is 3.11. The molecule has 0 aromatic rings. The lowest BCUT2D eigenvalue weighted by atomic mass is 10.1. The van der Waals surface area contributed by atoms with E-state index in [0.717, 1.165) is 0 Å². The third kappa shape index (κ3) is 3.68. The molecule has 78 valence electrons. The molecule has 0 bridgehead atoms. The van der Waals surface area contributed by atoms with Crippen LogP contribution in [0.3, 0.4) is 0 Å². The first-order chi connectivity index (χ1) is 5.83. The molecule has 0 saturated carbocycles. The van der Waals surface area contributed by atoms with Crippen LogP contribution in [0.1, 0.15) is 6.42 Å².